The van der Waals surface area contributed by atoms with Crippen LogP contribution in [0.25, 0.3) is 0 Å². The van der Waals surface area contributed by atoms with E-state index < -0.39 is 0 Å². The van der Waals surface area contributed by atoms with Crippen molar-refractivity contribution in [3.63, 3.8) is 0 Å². The Labute approximate surface area is 136 Å². The van der Waals surface area contributed by atoms with Crippen LogP contribution in [0, 0.1) is 5.92 Å². The molecule has 1 aliphatic rings. The Morgan fingerprint density at radius 1 is 1.23 bits per heavy atom. The van der Waals surface area contributed by atoms with Gasteiger partial charge in [0, 0.05) is 23.7 Å². The van der Waals surface area contributed by atoms with Crippen LogP contribution in [0.2, 0.25) is 0 Å². The maximum Gasteiger partial charge on any atom is 0.228 e. The summed E-state index contributed by atoms with van der Waals surface area (Å²) in [5, 5.41) is 5.16. The predicted octanol–water partition coefficient (Wildman–Crippen LogP) is 3.64. The molecule has 2 aromatic rings. The standard InChI is InChI=1S/C18H22N2OS/c21-18(19-16-7-2-1-3-8-16)15-6-4-11-20(14-15)12-10-17-9-5-13-22-17/h1-3,5,7-9,13,15H,4,6,10-12,14H2,(H,19,21). The van der Waals surface area contributed by atoms with Crippen molar-refractivity contribution in [1.82, 2.24) is 4.90 Å². The minimum Gasteiger partial charge on any atom is -0.326 e. The number of anilines is 1. The largest absolute Gasteiger partial charge is 0.326 e. The minimum absolute atomic E-state index is 0.109. The van der Waals surface area contributed by atoms with E-state index in [1.165, 1.54) is 4.88 Å². The van der Waals surface area contributed by atoms with E-state index in [1.807, 2.05) is 41.7 Å². The zero-order valence-corrected chi connectivity index (χ0v) is 13.5. The molecule has 0 spiro atoms. The van der Waals surface area contributed by atoms with Crippen molar-refractivity contribution in [3.05, 3.63) is 52.7 Å². The third kappa shape index (κ3) is 4.18. The van der Waals surface area contributed by atoms with E-state index in [-0.39, 0.29) is 11.8 Å². The number of carbonyl (C=O) groups is 1. The third-order valence-corrected chi connectivity index (χ3v) is 5.11. The molecule has 1 aromatic carbocycles. The van der Waals surface area contributed by atoms with Crippen LogP contribution >= 0.6 is 11.3 Å². The van der Waals surface area contributed by atoms with Gasteiger partial charge in [-0.15, -0.1) is 11.3 Å². The molecule has 1 aromatic heterocycles. The highest BCUT2D eigenvalue weighted by molar-refractivity contribution is 7.09. The molecule has 1 amide bonds. The van der Waals surface area contributed by atoms with E-state index in [2.05, 4.69) is 27.7 Å². The van der Waals surface area contributed by atoms with Gasteiger partial charge in [-0.3, -0.25) is 4.79 Å². The van der Waals surface area contributed by atoms with Crippen LogP contribution in [0.1, 0.15) is 17.7 Å². The highest BCUT2D eigenvalue weighted by atomic mass is 32.1. The lowest BCUT2D eigenvalue weighted by Crippen LogP contribution is -2.41. The number of para-hydroxylation sites is 1. The van der Waals surface area contributed by atoms with Crippen molar-refractivity contribution < 1.29 is 4.79 Å². The smallest absolute Gasteiger partial charge is 0.228 e. The molecule has 22 heavy (non-hydrogen) atoms. The molecule has 1 N–H and O–H groups in total. The molecular formula is C18H22N2OS. The molecule has 1 saturated heterocycles. The Balaban J connectivity index is 1.50. The van der Waals surface area contributed by atoms with E-state index in [0.717, 1.165) is 44.6 Å². The second kappa shape index (κ2) is 7.56. The second-order valence-corrected chi connectivity index (χ2v) is 6.86. The number of rotatable bonds is 5. The van der Waals surface area contributed by atoms with Crippen LogP contribution in [0.5, 0.6) is 0 Å². The molecule has 116 valence electrons. The predicted molar refractivity (Wildman–Crippen MR) is 92.3 cm³/mol. The van der Waals surface area contributed by atoms with Crippen LogP contribution in [0.3, 0.4) is 0 Å². The lowest BCUT2D eigenvalue weighted by molar-refractivity contribution is -0.121. The first-order chi connectivity index (χ1) is 10.8. The van der Waals surface area contributed by atoms with Crippen molar-refractivity contribution in [1.29, 1.82) is 0 Å². The SMILES string of the molecule is O=C(Nc1ccccc1)C1CCCN(CCc2cccs2)C1. The summed E-state index contributed by atoms with van der Waals surface area (Å²) in [6.07, 6.45) is 3.19. The number of nitrogens with zero attached hydrogens (tertiary/aromatic N) is 1. The first kappa shape index (κ1) is 15.3. The fourth-order valence-corrected chi connectivity index (χ4v) is 3.66. The molecule has 1 unspecified atom stereocenters. The molecule has 1 fully saturated rings. The highest BCUT2D eigenvalue weighted by Crippen LogP contribution is 2.19. The van der Waals surface area contributed by atoms with Gasteiger partial charge in [0.25, 0.3) is 0 Å². The average Bonchev–Trinajstić information content (AvgIpc) is 3.08. The van der Waals surface area contributed by atoms with Gasteiger partial charge in [-0.1, -0.05) is 24.3 Å². The van der Waals surface area contributed by atoms with Crippen LogP contribution in [0.15, 0.2) is 47.8 Å². The number of hydrogen-bond donors (Lipinski definition) is 1. The molecule has 0 radical (unpaired) electrons. The van der Waals surface area contributed by atoms with Gasteiger partial charge in [-0.2, -0.15) is 0 Å². The van der Waals surface area contributed by atoms with Gasteiger partial charge < -0.3 is 10.2 Å². The summed E-state index contributed by atoms with van der Waals surface area (Å²) < 4.78 is 0. The highest BCUT2D eigenvalue weighted by Gasteiger charge is 2.25. The molecule has 3 rings (SSSR count). The zero-order chi connectivity index (χ0) is 15.2. The normalized spacial score (nSPS) is 19.0. The first-order valence-corrected chi connectivity index (χ1v) is 8.80. The minimum atomic E-state index is 0.109. The number of benzene rings is 1. The summed E-state index contributed by atoms with van der Waals surface area (Å²) in [6, 6.07) is 14.0. The number of piperidine rings is 1. The van der Waals surface area contributed by atoms with Gasteiger partial charge in [0.05, 0.1) is 5.92 Å². The molecule has 1 atom stereocenters. The molecule has 0 saturated carbocycles. The van der Waals surface area contributed by atoms with E-state index >= 15 is 0 Å². The maximum absolute atomic E-state index is 12.4. The Bertz CT molecular complexity index is 582. The quantitative estimate of drug-likeness (QED) is 0.914. The van der Waals surface area contributed by atoms with Crippen molar-refractivity contribution in [2.45, 2.75) is 19.3 Å². The van der Waals surface area contributed by atoms with Gasteiger partial charge in [0.1, 0.15) is 0 Å². The van der Waals surface area contributed by atoms with E-state index in [0.29, 0.717) is 0 Å². The molecule has 0 aliphatic carbocycles. The van der Waals surface area contributed by atoms with E-state index in [9.17, 15) is 4.79 Å². The van der Waals surface area contributed by atoms with Gasteiger partial charge >= 0.3 is 0 Å². The summed E-state index contributed by atoms with van der Waals surface area (Å²) in [6.45, 7) is 3.04. The van der Waals surface area contributed by atoms with Crippen LogP contribution < -0.4 is 5.32 Å². The molecule has 1 aliphatic heterocycles. The first-order valence-electron chi connectivity index (χ1n) is 7.92. The number of nitrogens with one attached hydrogen (secondary N) is 1. The summed E-state index contributed by atoms with van der Waals surface area (Å²) in [5.74, 6) is 0.268. The molecule has 3 nitrogen and oxygen atoms in total. The molecular weight excluding hydrogens is 292 g/mol. The molecule has 4 heteroatoms. The molecule has 2 heterocycles. The molecule has 0 bridgehead atoms. The lowest BCUT2D eigenvalue weighted by atomic mass is 9.97. The zero-order valence-electron chi connectivity index (χ0n) is 12.7. The van der Waals surface area contributed by atoms with Crippen LogP contribution in [-0.2, 0) is 11.2 Å². The summed E-state index contributed by atoms with van der Waals surface area (Å²) >= 11 is 1.81. The van der Waals surface area contributed by atoms with E-state index in [4.69, 9.17) is 0 Å². The third-order valence-electron chi connectivity index (χ3n) is 4.17. The average molecular weight is 314 g/mol. The Morgan fingerprint density at radius 2 is 2.09 bits per heavy atom. The van der Waals surface area contributed by atoms with Gasteiger partial charge in [0.15, 0.2) is 0 Å². The topological polar surface area (TPSA) is 32.3 Å². The van der Waals surface area contributed by atoms with Crippen molar-refractivity contribution in [2.24, 2.45) is 5.92 Å². The number of amides is 1. The number of carbonyl (C=O) groups excluding carboxylic acids is 1. The van der Waals surface area contributed by atoms with Crippen molar-refractivity contribution in [2.75, 3.05) is 25.0 Å². The summed E-state index contributed by atoms with van der Waals surface area (Å²) in [5.41, 5.74) is 0.892. The van der Waals surface area contributed by atoms with Gasteiger partial charge in [-0.05, 0) is 49.4 Å². The fraction of sp³-hybridized carbons (Fsp3) is 0.389. The fourth-order valence-electron chi connectivity index (χ4n) is 2.96. The Hall–Kier alpha value is -1.65. The van der Waals surface area contributed by atoms with Crippen LogP contribution in [-0.4, -0.2) is 30.4 Å². The maximum atomic E-state index is 12.4. The number of thiophene rings is 1. The lowest BCUT2D eigenvalue weighted by Gasteiger charge is -2.31. The number of hydrogen-bond acceptors (Lipinski definition) is 3. The van der Waals surface area contributed by atoms with Crippen molar-refractivity contribution >= 4 is 22.9 Å². The monoisotopic (exact) mass is 314 g/mol. The second-order valence-electron chi connectivity index (χ2n) is 5.82. The Morgan fingerprint density at radius 3 is 2.86 bits per heavy atom. The summed E-state index contributed by atoms with van der Waals surface area (Å²) in [4.78, 5) is 16.3. The van der Waals surface area contributed by atoms with Gasteiger partial charge in [-0.25, -0.2) is 0 Å². The summed E-state index contributed by atoms with van der Waals surface area (Å²) in [7, 11) is 0. The van der Waals surface area contributed by atoms with Crippen molar-refractivity contribution in [3.8, 4) is 0 Å². The van der Waals surface area contributed by atoms with Crippen LogP contribution in [0.4, 0.5) is 5.69 Å². The van der Waals surface area contributed by atoms with Gasteiger partial charge in [0.2, 0.25) is 5.91 Å². The number of likely N-dealkylation sites (tertiary alicyclic amines) is 1. The Kier molecular flexibility index (Phi) is 5.24. The van der Waals surface area contributed by atoms with E-state index in [1.54, 1.807) is 0 Å².